The summed E-state index contributed by atoms with van der Waals surface area (Å²) in [5.41, 5.74) is 2.74. The molecule has 0 aromatic heterocycles. The molecule has 0 aliphatic carbocycles. The number of benzene rings is 2. The molecule has 0 saturated carbocycles. The Morgan fingerprint density at radius 3 is 2.50 bits per heavy atom. The van der Waals surface area contributed by atoms with E-state index in [0.29, 0.717) is 11.6 Å². The van der Waals surface area contributed by atoms with Gasteiger partial charge in [0.05, 0.1) is 0 Å². The van der Waals surface area contributed by atoms with Crippen molar-refractivity contribution in [1.82, 2.24) is 5.32 Å². The maximum absolute atomic E-state index is 13.8. The summed E-state index contributed by atoms with van der Waals surface area (Å²) in [6.45, 7) is 5.30. The molecule has 2 aromatic carbocycles. The van der Waals surface area contributed by atoms with E-state index in [4.69, 9.17) is 0 Å². The van der Waals surface area contributed by atoms with Gasteiger partial charge in [-0.15, -0.1) is 0 Å². The zero-order valence-electron chi connectivity index (χ0n) is 11.8. The normalized spacial score (nSPS) is 12.4. The van der Waals surface area contributed by atoms with Gasteiger partial charge in [-0.25, -0.2) is 4.39 Å². The van der Waals surface area contributed by atoms with E-state index in [9.17, 15) is 4.39 Å². The lowest BCUT2D eigenvalue weighted by Gasteiger charge is -2.14. The standard InChI is InChI=1S/C17H19BrFN/c1-3-10-20-12(2)13-4-6-14(7-5-13)16-11-15(18)8-9-17(16)19/h4-9,11-12,20H,3,10H2,1-2H3. The third kappa shape index (κ3) is 3.68. The van der Waals surface area contributed by atoms with Gasteiger partial charge in [0.25, 0.3) is 0 Å². The van der Waals surface area contributed by atoms with E-state index in [-0.39, 0.29) is 5.82 Å². The molecule has 106 valence electrons. The van der Waals surface area contributed by atoms with E-state index in [0.717, 1.165) is 23.0 Å². The lowest BCUT2D eigenvalue weighted by Crippen LogP contribution is -2.19. The molecule has 0 heterocycles. The first kappa shape index (κ1) is 15.2. The van der Waals surface area contributed by atoms with Gasteiger partial charge < -0.3 is 5.32 Å². The molecule has 1 nitrogen and oxygen atoms in total. The van der Waals surface area contributed by atoms with Gasteiger partial charge in [0.15, 0.2) is 0 Å². The number of rotatable bonds is 5. The molecule has 0 amide bonds. The van der Waals surface area contributed by atoms with Gasteiger partial charge in [0, 0.05) is 16.1 Å². The van der Waals surface area contributed by atoms with Crippen molar-refractivity contribution in [2.75, 3.05) is 6.54 Å². The van der Waals surface area contributed by atoms with Gasteiger partial charge in [-0.3, -0.25) is 0 Å². The number of hydrogen-bond acceptors (Lipinski definition) is 1. The molecule has 0 spiro atoms. The first-order valence-electron chi connectivity index (χ1n) is 6.90. The molecular weight excluding hydrogens is 317 g/mol. The van der Waals surface area contributed by atoms with Crippen LogP contribution >= 0.6 is 15.9 Å². The summed E-state index contributed by atoms with van der Waals surface area (Å²) in [6, 6.07) is 13.4. The predicted octanol–water partition coefficient (Wildman–Crippen LogP) is 5.32. The highest BCUT2D eigenvalue weighted by Gasteiger charge is 2.08. The van der Waals surface area contributed by atoms with Gasteiger partial charge in [-0.1, -0.05) is 47.1 Å². The van der Waals surface area contributed by atoms with Crippen molar-refractivity contribution in [2.24, 2.45) is 0 Å². The fourth-order valence-corrected chi connectivity index (χ4v) is 2.51. The molecule has 2 rings (SSSR count). The largest absolute Gasteiger partial charge is 0.310 e. The Kier molecular flexibility index (Phi) is 5.32. The van der Waals surface area contributed by atoms with Crippen molar-refractivity contribution in [3.8, 4) is 11.1 Å². The van der Waals surface area contributed by atoms with E-state index in [1.165, 1.54) is 11.6 Å². The number of halogens is 2. The second-order valence-corrected chi connectivity index (χ2v) is 5.84. The lowest BCUT2D eigenvalue weighted by atomic mass is 10.0. The third-order valence-electron chi connectivity index (χ3n) is 3.35. The van der Waals surface area contributed by atoms with Gasteiger partial charge in [-0.2, -0.15) is 0 Å². The fourth-order valence-electron chi connectivity index (χ4n) is 2.15. The summed E-state index contributed by atoms with van der Waals surface area (Å²) >= 11 is 3.38. The van der Waals surface area contributed by atoms with E-state index >= 15 is 0 Å². The molecule has 0 bridgehead atoms. The van der Waals surface area contributed by atoms with Crippen LogP contribution in [0, 0.1) is 5.82 Å². The van der Waals surface area contributed by atoms with Crippen LogP contribution in [-0.4, -0.2) is 6.54 Å². The molecule has 0 radical (unpaired) electrons. The second kappa shape index (κ2) is 7.00. The summed E-state index contributed by atoms with van der Waals surface area (Å²) in [6.07, 6.45) is 1.12. The molecule has 0 saturated heterocycles. The molecule has 1 atom stereocenters. The predicted molar refractivity (Wildman–Crippen MR) is 86.2 cm³/mol. The zero-order chi connectivity index (χ0) is 14.5. The maximum atomic E-state index is 13.8. The van der Waals surface area contributed by atoms with Gasteiger partial charge >= 0.3 is 0 Å². The summed E-state index contributed by atoms with van der Waals surface area (Å²) in [4.78, 5) is 0. The molecule has 0 aliphatic heterocycles. The highest BCUT2D eigenvalue weighted by atomic mass is 79.9. The Morgan fingerprint density at radius 1 is 1.15 bits per heavy atom. The minimum atomic E-state index is -0.196. The van der Waals surface area contributed by atoms with Crippen molar-refractivity contribution in [3.05, 3.63) is 58.3 Å². The smallest absolute Gasteiger partial charge is 0.131 e. The monoisotopic (exact) mass is 335 g/mol. The first-order chi connectivity index (χ1) is 9.61. The summed E-state index contributed by atoms with van der Waals surface area (Å²) in [5, 5.41) is 3.45. The Hall–Kier alpha value is -1.19. The van der Waals surface area contributed by atoms with Crippen LogP contribution in [-0.2, 0) is 0 Å². The summed E-state index contributed by atoms with van der Waals surface area (Å²) in [7, 11) is 0. The molecule has 1 unspecified atom stereocenters. The van der Waals surface area contributed by atoms with Crippen LogP contribution in [0.3, 0.4) is 0 Å². The lowest BCUT2D eigenvalue weighted by molar-refractivity contribution is 0.571. The van der Waals surface area contributed by atoms with E-state index < -0.39 is 0 Å². The minimum absolute atomic E-state index is 0.196. The Bertz CT molecular complexity index is 566. The Labute approximate surface area is 128 Å². The first-order valence-corrected chi connectivity index (χ1v) is 7.70. The summed E-state index contributed by atoms with van der Waals surface area (Å²) < 4.78 is 14.7. The SMILES string of the molecule is CCCNC(C)c1ccc(-c2cc(Br)ccc2F)cc1. The van der Waals surface area contributed by atoms with E-state index in [2.05, 4.69) is 47.2 Å². The average molecular weight is 336 g/mol. The van der Waals surface area contributed by atoms with Crippen LogP contribution in [0.5, 0.6) is 0 Å². The number of nitrogens with one attached hydrogen (secondary N) is 1. The van der Waals surface area contributed by atoms with Crippen molar-refractivity contribution in [1.29, 1.82) is 0 Å². The Morgan fingerprint density at radius 2 is 1.85 bits per heavy atom. The molecule has 20 heavy (non-hydrogen) atoms. The zero-order valence-corrected chi connectivity index (χ0v) is 13.4. The van der Waals surface area contributed by atoms with Crippen LogP contribution < -0.4 is 5.32 Å². The van der Waals surface area contributed by atoms with Crippen molar-refractivity contribution >= 4 is 15.9 Å². The second-order valence-electron chi connectivity index (χ2n) is 4.92. The van der Waals surface area contributed by atoms with Crippen LogP contribution in [0.15, 0.2) is 46.9 Å². The molecule has 1 N–H and O–H groups in total. The quantitative estimate of drug-likeness (QED) is 0.780. The van der Waals surface area contributed by atoms with Crippen molar-refractivity contribution in [3.63, 3.8) is 0 Å². The van der Waals surface area contributed by atoms with Gasteiger partial charge in [-0.05, 0) is 49.2 Å². The van der Waals surface area contributed by atoms with Crippen molar-refractivity contribution < 1.29 is 4.39 Å². The molecular formula is C17H19BrFN. The number of hydrogen-bond donors (Lipinski definition) is 1. The topological polar surface area (TPSA) is 12.0 Å². The van der Waals surface area contributed by atoms with Crippen LogP contribution in [0.2, 0.25) is 0 Å². The highest BCUT2D eigenvalue weighted by molar-refractivity contribution is 9.10. The molecule has 0 fully saturated rings. The van der Waals surface area contributed by atoms with Crippen LogP contribution in [0.1, 0.15) is 31.9 Å². The average Bonchev–Trinajstić information content (AvgIpc) is 2.47. The van der Waals surface area contributed by atoms with E-state index in [1.54, 1.807) is 6.07 Å². The fraction of sp³-hybridized carbons (Fsp3) is 0.294. The Balaban J connectivity index is 2.21. The molecule has 3 heteroatoms. The molecule has 0 aliphatic rings. The van der Waals surface area contributed by atoms with Gasteiger partial charge in [0.1, 0.15) is 5.82 Å². The third-order valence-corrected chi connectivity index (χ3v) is 3.84. The van der Waals surface area contributed by atoms with E-state index in [1.807, 2.05) is 18.2 Å². The highest BCUT2D eigenvalue weighted by Crippen LogP contribution is 2.27. The van der Waals surface area contributed by atoms with Gasteiger partial charge in [0.2, 0.25) is 0 Å². The summed E-state index contributed by atoms with van der Waals surface area (Å²) in [5.74, 6) is -0.196. The van der Waals surface area contributed by atoms with Crippen molar-refractivity contribution in [2.45, 2.75) is 26.3 Å². The van der Waals surface area contributed by atoms with Crippen LogP contribution in [0.4, 0.5) is 4.39 Å². The minimum Gasteiger partial charge on any atom is -0.310 e. The molecule has 2 aromatic rings. The maximum Gasteiger partial charge on any atom is 0.131 e. The van der Waals surface area contributed by atoms with Crippen LogP contribution in [0.25, 0.3) is 11.1 Å².